The van der Waals surface area contributed by atoms with Crippen molar-refractivity contribution in [1.29, 1.82) is 0 Å². The molecule has 0 amide bonds. The predicted molar refractivity (Wildman–Crippen MR) is 73.9 cm³/mol. The van der Waals surface area contributed by atoms with Gasteiger partial charge in [0.05, 0.1) is 16.6 Å². The van der Waals surface area contributed by atoms with E-state index in [1.807, 2.05) is 25.1 Å². The van der Waals surface area contributed by atoms with Crippen LogP contribution < -0.4 is 0 Å². The summed E-state index contributed by atoms with van der Waals surface area (Å²) in [5.41, 5.74) is 1.91. The van der Waals surface area contributed by atoms with Crippen LogP contribution in [0.15, 0.2) is 22.5 Å². The van der Waals surface area contributed by atoms with Gasteiger partial charge in [0.2, 0.25) is 0 Å². The van der Waals surface area contributed by atoms with E-state index < -0.39 is 23.6 Å². The van der Waals surface area contributed by atoms with Gasteiger partial charge in [0, 0.05) is 0 Å². The summed E-state index contributed by atoms with van der Waals surface area (Å²) >= 11 is 2.36. The van der Waals surface area contributed by atoms with E-state index in [0.29, 0.717) is 4.34 Å². The number of hydrogen-bond acceptors (Lipinski definition) is 5. The molecule has 0 aliphatic heterocycles. The molecule has 5 nitrogen and oxygen atoms in total. The quantitative estimate of drug-likeness (QED) is 0.825. The first-order chi connectivity index (χ1) is 8.95. The van der Waals surface area contributed by atoms with Crippen LogP contribution in [0.4, 0.5) is 0 Å². The molecule has 1 aromatic heterocycles. The van der Waals surface area contributed by atoms with Crippen molar-refractivity contribution in [1.82, 2.24) is 4.98 Å². The van der Waals surface area contributed by atoms with Crippen molar-refractivity contribution in [3.63, 3.8) is 0 Å². The number of carboxylic acid groups (broad SMARTS) is 2. The van der Waals surface area contributed by atoms with E-state index in [4.69, 9.17) is 10.2 Å². The van der Waals surface area contributed by atoms with E-state index >= 15 is 0 Å². The molecule has 1 atom stereocenters. The molecule has 0 bridgehead atoms. The van der Waals surface area contributed by atoms with Gasteiger partial charge < -0.3 is 10.2 Å². The molecule has 0 saturated heterocycles. The van der Waals surface area contributed by atoms with Gasteiger partial charge >= 0.3 is 11.9 Å². The Kier molecular flexibility index (Phi) is 4.06. The van der Waals surface area contributed by atoms with E-state index in [9.17, 15) is 9.59 Å². The lowest BCUT2D eigenvalue weighted by molar-refractivity contribution is -0.142. The Morgan fingerprint density at radius 3 is 2.79 bits per heavy atom. The van der Waals surface area contributed by atoms with Crippen molar-refractivity contribution in [3.8, 4) is 0 Å². The standard InChI is InChI=1S/C12H11NO4S2/c1-6-2-3-7-8(4-6)18-12(13-7)19-9(11(16)17)5-10(14)15/h2-4,9H,5H2,1H3,(H,14,15)(H,16,17). The van der Waals surface area contributed by atoms with Gasteiger partial charge in [0.1, 0.15) is 5.25 Å². The zero-order chi connectivity index (χ0) is 14.0. The summed E-state index contributed by atoms with van der Waals surface area (Å²) in [5.74, 6) is -2.26. The summed E-state index contributed by atoms with van der Waals surface area (Å²) in [7, 11) is 0. The Hall–Kier alpha value is -1.60. The second-order valence-electron chi connectivity index (χ2n) is 3.99. The molecule has 0 radical (unpaired) electrons. The Labute approximate surface area is 117 Å². The highest BCUT2D eigenvalue weighted by Gasteiger charge is 2.23. The Morgan fingerprint density at radius 1 is 1.42 bits per heavy atom. The minimum Gasteiger partial charge on any atom is -0.481 e. The highest BCUT2D eigenvalue weighted by atomic mass is 32.2. The molecule has 0 aliphatic carbocycles. The molecule has 1 unspecified atom stereocenters. The number of thioether (sulfide) groups is 1. The van der Waals surface area contributed by atoms with Gasteiger partial charge in [-0.15, -0.1) is 11.3 Å². The zero-order valence-electron chi connectivity index (χ0n) is 9.99. The molecular formula is C12H11NO4S2. The van der Waals surface area contributed by atoms with Gasteiger partial charge in [0.15, 0.2) is 4.34 Å². The lowest BCUT2D eigenvalue weighted by atomic mass is 10.2. The van der Waals surface area contributed by atoms with Crippen LogP contribution in [-0.4, -0.2) is 32.4 Å². The van der Waals surface area contributed by atoms with Gasteiger partial charge in [0.25, 0.3) is 0 Å². The number of hydrogen-bond donors (Lipinski definition) is 2. The number of aryl methyl sites for hydroxylation is 1. The van der Waals surface area contributed by atoms with Gasteiger partial charge in [-0.3, -0.25) is 9.59 Å². The zero-order valence-corrected chi connectivity index (χ0v) is 11.6. The number of fused-ring (bicyclic) bond motifs is 1. The first-order valence-corrected chi connectivity index (χ1v) is 7.14. The smallest absolute Gasteiger partial charge is 0.317 e. The fraction of sp³-hybridized carbons (Fsp3) is 0.250. The first kappa shape index (κ1) is 13.8. The van der Waals surface area contributed by atoms with E-state index in [0.717, 1.165) is 27.5 Å². The van der Waals surface area contributed by atoms with Crippen molar-refractivity contribution in [3.05, 3.63) is 23.8 Å². The number of carbonyl (C=O) groups is 2. The van der Waals surface area contributed by atoms with Crippen LogP contribution in [-0.2, 0) is 9.59 Å². The van der Waals surface area contributed by atoms with Gasteiger partial charge in [-0.25, -0.2) is 4.98 Å². The summed E-state index contributed by atoms with van der Waals surface area (Å²) in [6, 6.07) is 5.78. The maximum absolute atomic E-state index is 11.0. The fourth-order valence-corrected chi connectivity index (χ4v) is 3.85. The molecule has 0 saturated carbocycles. The second kappa shape index (κ2) is 5.58. The minimum atomic E-state index is -1.14. The fourth-order valence-electron chi connectivity index (χ4n) is 1.52. The first-order valence-electron chi connectivity index (χ1n) is 5.44. The van der Waals surface area contributed by atoms with Crippen LogP contribution in [0.25, 0.3) is 10.2 Å². The number of rotatable bonds is 5. The summed E-state index contributed by atoms with van der Waals surface area (Å²) < 4.78 is 1.55. The maximum atomic E-state index is 11.0. The monoisotopic (exact) mass is 297 g/mol. The molecule has 19 heavy (non-hydrogen) atoms. The number of carboxylic acids is 2. The van der Waals surface area contributed by atoms with Gasteiger partial charge in [-0.05, 0) is 24.6 Å². The summed E-state index contributed by atoms with van der Waals surface area (Å²) in [5, 5.41) is 16.7. The van der Waals surface area contributed by atoms with Crippen molar-refractivity contribution in [2.24, 2.45) is 0 Å². The number of thiazole rings is 1. The number of benzene rings is 1. The molecule has 2 N–H and O–H groups in total. The van der Waals surface area contributed by atoms with Gasteiger partial charge in [-0.2, -0.15) is 0 Å². The third kappa shape index (κ3) is 3.45. The summed E-state index contributed by atoms with van der Waals surface area (Å²) in [6.07, 6.45) is -0.422. The number of nitrogens with zero attached hydrogens (tertiary/aromatic N) is 1. The third-order valence-electron chi connectivity index (χ3n) is 2.40. The number of aliphatic carboxylic acids is 2. The Morgan fingerprint density at radius 2 is 2.16 bits per heavy atom. The van der Waals surface area contributed by atoms with Crippen LogP contribution in [0.2, 0.25) is 0 Å². The lowest BCUT2D eigenvalue weighted by Gasteiger charge is -2.06. The Balaban J connectivity index is 2.23. The van der Waals surface area contributed by atoms with Crippen LogP contribution in [0.3, 0.4) is 0 Å². The molecule has 2 rings (SSSR count). The van der Waals surface area contributed by atoms with Crippen LogP contribution in [0.1, 0.15) is 12.0 Å². The predicted octanol–water partition coefficient (Wildman–Crippen LogP) is 2.62. The molecule has 1 heterocycles. The minimum absolute atomic E-state index is 0.422. The SMILES string of the molecule is Cc1ccc2nc(SC(CC(=O)O)C(=O)O)sc2c1. The summed E-state index contributed by atoms with van der Waals surface area (Å²) in [4.78, 5) is 25.9. The van der Waals surface area contributed by atoms with Crippen LogP contribution >= 0.6 is 23.1 Å². The highest BCUT2D eigenvalue weighted by Crippen LogP contribution is 2.33. The van der Waals surface area contributed by atoms with Crippen LogP contribution in [0.5, 0.6) is 0 Å². The Bertz CT molecular complexity index is 638. The van der Waals surface area contributed by atoms with E-state index in [1.54, 1.807) is 0 Å². The molecule has 0 spiro atoms. The molecular weight excluding hydrogens is 286 g/mol. The van der Waals surface area contributed by atoms with E-state index in [1.165, 1.54) is 11.3 Å². The van der Waals surface area contributed by atoms with E-state index in [-0.39, 0.29) is 0 Å². The topological polar surface area (TPSA) is 87.5 Å². The summed E-state index contributed by atoms with van der Waals surface area (Å²) in [6.45, 7) is 1.97. The average molecular weight is 297 g/mol. The maximum Gasteiger partial charge on any atom is 0.317 e. The van der Waals surface area contributed by atoms with Crippen molar-refractivity contribution >= 4 is 45.3 Å². The highest BCUT2D eigenvalue weighted by molar-refractivity contribution is 8.02. The van der Waals surface area contributed by atoms with Crippen molar-refractivity contribution in [2.45, 2.75) is 22.9 Å². The molecule has 1 aromatic carbocycles. The van der Waals surface area contributed by atoms with E-state index in [2.05, 4.69) is 4.98 Å². The molecule has 7 heteroatoms. The largest absolute Gasteiger partial charge is 0.481 e. The van der Waals surface area contributed by atoms with Crippen molar-refractivity contribution in [2.75, 3.05) is 0 Å². The normalized spacial score (nSPS) is 12.5. The van der Waals surface area contributed by atoms with Crippen molar-refractivity contribution < 1.29 is 19.8 Å². The number of aromatic nitrogens is 1. The second-order valence-corrected chi connectivity index (χ2v) is 6.47. The van der Waals surface area contributed by atoms with Gasteiger partial charge in [-0.1, -0.05) is 17.8 Å². The average Bonchev–Trinajstić information content (AvgIpc) is 2.68. The lowest BCUT2D eigenvalue weighted by Crippen LogP contribution is -2.20. The third-order valence-corrected chi connectivity index (χ3v) is 4.70. The molecule has 0 aliphatic rings. The molecule has 100 valence electrons. The molecule has 0 fully saturated rings. The van der Waals surface area contributed by atoms with Crippen LogP contribution in [0, 0.1) is 6.92 Å². The molecule has 2 aromatic rings.